The average Bonchev–Trinajstić information content (AvgIpc) is 2.19. The van der Waals surface area contributed by atoms with Gasteiger partial charge in [0.2, 0.25) is 0 Å². The minimum Gasteiger partial charge on any atom is -0.402 e. The quantitative estimate of drug-likeness (QED) is 0.712. The second kappa shape index (κ2) is 4.54. The fraction of sp³-hybridized carbons (Fsp3) is 0.375. The smallest absolute Gasteiger partial charge is 0.402 e. The van der Waals surface area contributed by atoms with E-state index in [2.05, 4.69) is 9.72 Å². The lowest BCUT2D eigenvalue weighted by molar-refractivity contribution is -0.274. The zero-order chi connectivity index (χ0) is 12.3. The topological polar surface area (TPSA) is 94.4 Å². The standard InChI is InChI=1S/C8H10F3N3O2/c9-8(10,11)16-7-5(13)1-4(2-12)14-6(7)3-15/h1,15H,2-3,12H2,(H2,13,14). The van der Waals surface area contributed by atoms with Crippen molar-refractivity contribution in [3.63, 3.8) is 0 Å². The highest BCUT2D eigenvalue weighted by Gasteiger charge is 2.33. The van der Waals surface area contributed by atoms with E-state index in [-0.39, 0.29) is 23.6 Å². The summed E-state index contributed by atoms with van der Waals surface area (Å²) in [5, 5.41) is 8.85. The number of nitrogens with two attached hydrogens (primary N) is 2. The number of halogens is 3. The van der Waals surface area contributed by atoms with E-state index in [4.69, 9.17) is 16.6 Å². The fourth-order valence-electron chi connectivity index (χ4n) is 1.11. The minimum absolute atomic E-state index is 0.00347. The van der Waals surface area contributed by atoms with Crippen LogP contribution in [0.2, 0.25) is 0 Å². The van der Waals surface area contributed by atoms with E-state index in [1.165, 1.54) is 6.07 Å². The second-order valence-corrected chi connectivity index (χ2v) is 2.89. The Hall–Kier alpha value is -1.54. The number of aromatic nitrogens is 1. The molecule has 0 aromatic carbocycles. The van der Waals surface area contributed by atoms with Gasteiger partial charge in [-0.25, -0.2) is 4.98 Å². The maximum Gasteiger partial charge on any atom is 0.573 e. The van der Waals surface area contributed by atoms with Gasteiger partial charge in [0.25, 0.3) is 0 Å². The van der Waals surface area contributed by atoms with Gasteiger partial charge in [-0.05, 0) is 6.07 Å². The van der Waals surface area contributed by atoms with E-state index < -0.39 is 18.7 Å². The lowest BCUT2D eigenvalue weighted by atomic mass is 10.2. The van der Waals surface area contributed by atoms with Gasteiger partial charge in [-0.3, -0.25) is 0 Å². The van der Waals surface area contributed by atoms with Crippen LogP contribution < -0.4 is 16.2 Å². The summed E-state index contributed by atoms with van der Waals surface area (Å²) in [6.45, 7) is -0.715. The van der Waals surface area contributed by atoms with E-state index >= 15 is 0 Å². The Kier molecular flexibility index (Phi) is 3.55. The molecule has 5 nitrogen and oxygen atoms in total. The van der Waals surface area contributed by atoms with Crippen LogP contribution in [0.3, 0.4) is 0 Å². The molecule has 0 aliphatic rings. The zero-order valence-electron chi connectivity index (χ0n) is 8.08. The van der Waals surface area contributed by atoms with Gasteiger partial charge in [0.05, 0.1) is 18.0 Å². The van der Waals surface area contributed by atoms with Gasteiger partial charge in [-0.15, -0.1) is 13.2 Å². The molecule has 90 valence electrons. The maximum atomic E-state index is 12.0. The molecule has 1 aromatic heterocycles. The predicted molar refractivity (Wildman–Crippen MR) is 49.1 cm³/mol. The van der Waals surface area contributed by atoms with Crippen molar-refractivity contribution in [1.82, 2.24) is 4.98 Å². The molecule has 0 bridgehead atoms. The lowest BCUT2D eigenvalue weighted by Crippen LogP contribution is -2.20. The predicted octanol–water partition coefficient (Wildman–Crippen LogP) is 0.513. The van der Waals surface area contributed by atoms with Crippen LogP contribution in [-0.2, 0) is 13.2 Å². The first kappa shape index (κ1) is 12.5. The third-order valence-corrected chi connectivity index (χ3v) is 1.70. The third kappa shape index (κ3) is 2.97. The molecule has 5 N–H and O–H groups in total. The molecule has 0 amide bonds. The molecule has 0 fully saturated rings. The fourth-order valence-corrected chi connectivity index (χ4v) is 1.11. The number of aliphatic hydroxyl groups is 1. The summed E-state index contributed by atoms with van der Waals surface area (Å²) in [7, 11) is 0. The lowest BCUT2D eigenvalue weighted by Gasteiger charge is -2.14. The zero-order valence-corrected chi connectivity index (χ0v) is 8.08. The molecule has 0 aliphatic carbocycles. The number of nitrogen functional groups attached to an aromatic ring is 1. The number of hydrogen-bond acceptors (Lipinski definition) is 5. The summed E-state index contributed by atoms with van der Waals surface area (Å²) in [5.41, 5.74) is 10.3. The molecule has 1 heterocycles. The van der Waals surface area contributed by atoms with E-state index in [0.717, 1.165) is 0 Å². The Morgan fingerprint density at radius 2 is 2.06 bits per heavy atom. The first-order valence-corrected chi connectivity index (χ1v) is 4.22. The number of rotatable bonds is 3. The number of nitrogens with zero attached hydrogens (tertiary/aromatic N) is 1. The Bertz CT molecular complexity index is 382. The average molecular weight is 237 g/mol. The third-order valence-electron chi connectivity index (χ3n) is 1.70. The highest BCUT2D eigenvalue weighted by molar-refractivity contribution is 5.55. The van der Waals surface area contributed by atoms with Gasteiger partial charge in [0.1, 0.15) is 5.69 Å². The Balaban J connectivity index is 3.16. The Morgan fingerprint density at radius 1 is 1.44 bits per heavy atom. The van der Waals surface area contributed by atoms with E-state index in [9.17, 15) is 13.2 Å². The van der Waals surface area contributed by atoms with Crippen molar-refractivity contribution >= 4 is 5.69 Å². The van der Waals surface area contributed by atoms with Crippen LogP contribution in [0, 0.1) is 0 Å². The van der Waals surface area contributed by atoms with E-state index in [0.29, 0.717) is 0 Å². The first-order chi connectivity index (χ1) is 7.37. The Labute approximate surface area is 88.8 Å². The van der Waals surface area contributed by atoms with Gasteiger partial charge in [0.15, 0.2) is 5.75 Å². The number of aliphatic hydroxyl groups excluding tert-OH is 1. The summed E-state index contributed by atoms with van der Waals surface area (Å²) < 4.78 is 39.7. The summed E-state index contributed by atoms with van der Waals surface area (Å²) in [4.78, 5) is 3.67. The second-order valence-electron chi connectivity index (χ2n) is 2.89. The summed E-state index contributed by atoms with van der Waals surface area (Å²) in [6, 6.07) is 1.17. The van der Waals surface area contributed by atoms with Crippen molar-refractivity contribution in [2.24, 2.45) is 5.73 Å². The van der Waals surface area contributed by atoms with Crippen LogP contribution in [0.5, 0.6) is 5.75 Å². The highest BCUT2D eigenvalue weighted by atomic mass is 19.4. The van der Waals surface area contributed by atoms with Crippen LogP contribution in [-0.4, -0.2) is 16.5 Å². The molecule has 0 aliphatic heterocycles. The summed E-state index contributed by atoms with van der Waals surface area (Å²) in [6.07, 6.45) is -4.88. The van der Waals surface area contributed by atoms with E-state index in [1.54, 1.807) is 0 Å². The van der Waals surface area contributed by atoms with Gasteiger partial charge < -0.3 is 21.3 Å². The van der Waals surface area contributed by atoms with Crippen molar-refractivity contribution in [2.45, 2.75) is 19.5 Å². The van der Waals surface area contributed by atoms with Crippen LogP contribution in [0.1, 0.15) is 11.4 Å². The maximum absolute atomic E-state index is 12.0. The van der Waals surface area contributed by atoms with Gasteiger partial charge >= 0.3 is 6.36 Å². The molecule has 0 unspecified atom stereocenters. The van der Waals surface area contributed by atoms with Crippen molar-refractivity contribution in [3.05, 3.63) is 17.5 Å². The summed E-state index contributed by atoms with van der Waals surface area (Å²) in [5.74, 6) is -0.688. The highest BCUT2D eigenvalue weighted by Crippen LogP contribution is 2.31. The molecule has 1 aromatic rings. The molecule has 0 saturated heterocycles. The molecule has 0 atom stereocenters. The number of anilines is 1. The van der Waals surface area contributed by atoms with E-state index in [1.807, 2.05) is 0 Å². The summed E-state index contributed by atoms with van der Waals surface area (Å²) >= 11 is 0. The monoisotopic (exact) mass is 237 g/mol. The molecule has 1 rings (SSSR count). The number of pyridine rings is 1. The molecular formula is C8H10F3N3O2. The number of alkyl halides is 3. The largest absolute Gasteiger partial charge is 0.573 e. The normalized spacial score (nSPS) is 11.6. The molecule has 0 radical (unpaired) electrons. The van der Waals surface area contributed by atoms with Crippen LogP contribution in [0.15, 0.2) is 6.07 Å². The van der Waals surface area contributed by atoms with Crippen LogP contribution in [0.4, 0.5) is 18.9 Å². The van der Waals surface area contributed by atoms with Gasteiger partial charge in [-0.2, -0.15) is 0 Å². The van der Waals surface area contributed by atoms with Crippen LogP contribution in [0.25, 0.3) is 0 Å². The van der Waals surface area contributed by atoms with Crippen molar-refractivity contribution in [2.75, 3.05) is 5.73 Å². The van der Waals surface area contributed by atoms with Gasteiger partial charge in [-0.1, -0.05) is 0 Å². The SMILES string of the molecule is NCc1cc(N)c(OC(F)(F)F)c(CO)n1. The van der Waals surface area contributed by atoms with Crippen molar-refractivity contribution in [1.29, 1.82) is 0 Å². The molecule has 0 saturated carbocycles. The molecule has 8 heteroatoms. The van der Waals surface area contributed by atoms with Crippen LogP contribution >= 0.6 is 0 Å². The number of ether oxygens (including phenoxy) is 1. The molecule has 0 spiro atoms. The first-order valence-electron chi connectivity index (χ1n) is 4.22. The van der Waals surface area contributed by atoms with Gasteiger partial charge in [0, 0.05) is 6.54 Å². The Morgan fingerprint density at radius 3 is 2.50 bits per heavy atom. The molecular weight excluding hydrogens is 227 g/mol. The van der Waals surface area contributed by atoms with Crippen molar-refractivity contribution in [3.8, 4) is 5.75 Å². The number of hydrogen-bond donors (Lipinski definition) is 3. The van der Waals surface area contributed by atoms with Crippen molar-refractivity contribution < 1.29 is 23.0 Å². The molecule has 16 heavy (non-hydrogen) atoms. The minimum atomic E-state index is -4.88.